The first-order valence-corrected chi connectivity index (χ1v) is 6.73. The molecule has 1 unspecified atom stereocenters. The van der Waals surface area contributed by atoms with Crippen molar-refractivity contribution in [1.29, 1.82) is 0 Å². The van der Waals surface area contributed by atoms with Crippen molar-refractivity contribution in [3.63, 3.8) is 0 Å². The molecule has 0 radical (unpaired) electrons. The predicted octanol–water partition coefficient (Wildman–Crippen LogP) is 2.76. The number of hydrogen-bond donors (Lipinski definition) is 1. The number of aryl methyl sites for hydroxylation is 3. The molecule has 1 aromatic heterocycles. The Morgan fingerprint density at radius 1 is 1.43 bits per heavy atom. The van der Waals surface area contributed by atoms with Gasteiger partial charge in [-0.25, -0.2) is 4.39 Å². The number of hydrogen-bond acceptors (Lipinski definition) is 4. The highest BCUT2D eigenvalue weighted by molar-refractivity contribution is 5.95. The van der Waals surface area contributed by atoms with Crippen LogP contribution in [0.2, 0.25) is 0 Å². The number of fused-ring (bicyclic) bond motifs is 1. The van der Waals surface area contributed by atoms with Crippen LogP contribution in [0.5, 0.6) is 5.75 Å². The smallest absolute Gasteiger partial charge is 0.265 e. The molecular weight excluding hydrogens is 275 g/mol. The van der Waals surface area contributed by atoms with Crippen LogP contribution in [0.1, 0.15) is 23.4 Å². The number of rotatable bonds is 2. The lowest BCUT2D eigenvalue weighted by Gasteiger charge is -2.25. The molecule has 0 saturated carbocycles. The fourth-order valence-corrected chi connectivity index (χ4v) is 2.39. The highest BCUT2D eigenvalue weighted by Gasteiger charge is 2.27. The van der Waals surface area contributed by atoms with Gasteiger partial charge in [0.25, 0.3) is 5.91 Å². The second-order valence-electron chi connectivity index (χ2n) is 5.09. The molecule has 6 heteroatoms. The fourth-order valence-electron chi connectivity index (χ4n) is 2.39. The Hall–Kier alpha value is -2.37. The van der Waals surface area contributed by atoms with Crippen molar-refractivity contribution in [2.75, 3.05) is 5.32 Å². The lowest BCUT2D eigenvalue weighted by Crippen LogP contribution is -2.36. The fraction of sp³-hybridized carbons (Fsp3) is 0.333. The van der Waals surface area contributed by atoms with Gasteiger partial charge in [-0.3, -0.25) is 4.79 Å². The molecule has 2 aromatic rings. The SMILES string of the molecule is Cc1noc(C)c1NC(=O)C1CCc2ccc(F)cc2O1. The van der Waals surface area contributed by atoms with Crippen LogP contribution >= 0.6 is 0 Å². The summed E-state index contributed by atoms with van der Waals surface area (Å²) in [5.74, 6) is 0.322. The summed E-state index contributed by atoms with van der Waals surface area (Å²) in [4.78, 5) is 12.3. The molecule has 1 atom stereocenters. The van der Waals surface area contributed by atoms with Crippen molar-refractivity contribution in [3.8, 4) is 5.75 Å². The van der Waals surface area contributed by atoms with E-state index in [1.165, 1.54) is 12.1 Å². The molecule has 5 nitrogen and oxygen atoms in total. The molecule has 0 saturated heterocycles. The number of halogens is 1. The average Bonchev–Trinajstić information content (AvgIpc) is 2.78. The molecule has 2 heterocycles. The minimum atomic E-state index is -0.645. The molecule has 3 rings (SSSR count). The number of amides is 1. The van der Waals surface area contributed by atoms with Gasteiger partial charge in [-0.05, 0) is 38.3 Å². The normalized spacial score (nSPS) is 17.0. The molecule has 1 N–H and O–H groups in total. The molecule has 1 aliphatic rings. The largest absolute Gasteiger partial charge is 0.480 e. The van der Waals surface area contributed by atoms with Crippen molar-refractivity contribution in [3.05, 3.63) is 41.0 Å². The monoisotopic (exact) mass is 290 g/mol. The summed E-state index contributed by atoms with van der Waals surface area (Å²) >= 11 is 0. The van der Waals surface area contributed by atoms with Crippen molar-refractivity contribution >= 4 is 11.6 Å². The van der Waals surface area contributed by atoms with E-state index in [0.29, 0.717) is 35.7 Å². The Labute approximate surface area is 121 Å². The van der Waals surface area contributed by atoms with Crippen LogP contribution in [0.25, 0.3) is 0 Å². The van der Waals surface area contributed by atoms with Gasteiger partial charge in [0.1, 0.15) is 22.9 Å². The molecule has 0 fully saturated rings. The Balaban J connectivity index is 1.75. The van der Waals surface area contributed by atoms with Crippen molar-refractivity contribution < 1.29 is 18.4 Å². The van der Waals surface area contributed by atoms with Gasteiger partial charge in [0, 0.05) is 6.07 Å². The van der Waals surface area contributed by atoms with Crippen LogP contribution in [0, 0.1) is 19.7 Å². The van der Waals surface area contributed by atoms with Gasteiger partial charge in [-0.1, -0.05) is 11.2 Å². The van der Waals surface area contributed by atoms with Crippen LogP contribution in [0.4, 0.5) is 10.1 Å². The van der Waals surface area contributed by atoms with Crippen LogP contribution in [-0.2, 0) is 11.2 Å². The maximum Gasteiger partial charge on any atom is 0.265 e. The maximum absolute atomic E-state index is 13.2. The third-order valence-electron chi connectivity index (χ3n) is 3.55. The van der Waals surface area contributed by atoms with Gasteiger partial charge in [0.2, 0.25) is 0 Å². The summed E-state index contributed by atoms with van der Waals surface area (Å²) in [5.41, 5.74) is 2.09. The second-order valence-corrected chi connectivity index (χ2v) is 5.09. The number of aromatic nitrogens is 1. The van der Waals surface area contributed by atoms with Crippen LogP contribution in [0.3, 0.4) is 0 Å². The zero-order chi connectivity index (χ0) is 15.0. The maximum atomic E-state index is 13.2. The Morgan fingerprint density at radius 2 is 2.24 bits per heavy atom. The average molecular weight is 290 g/mol. The molecule has 1 aliphatic heterocycles. The second kappa shape index (κ2) is 5.20. The van der Waals surface area contributed by atoms with E-state index < -0.39 is 6.10 Å². The van der Waals surface area contributed by atoms with E-state index in [1.54, 1.807) is 19.9 Å². The van der Waals surface area contributed by atoms with Gasteiger partial charge in [-0.15, -0.1) is 0 Å². The molecule has 1 aromatic carbocycles. The Bertz CT molecular complexity index is 677. The van der Waals surface area contributed by atoms with E-state index in [2.05, 4.69) is 10.5 Å². The van der Waals surface area contributed by atoms with E-state index in [4.69, 9.17) is 9.26 Å². The quantitative estimate of drug-likeness (QED) is 0.923. The number of nitrogens with one attached hydrogen (secondary N) is 1. The Morgan fingerprint density at radius 3 is 2.95 bits per heavy atom. The summed E-state index contributed by atoms with van der Waals surface area (Å²) in [6, 6.07) is 4.39. The number of carbonyl (C=O) groups is 1. The number of ether oxygens (including phenoxy) is 1. The van der Waals surface area contributed by atoms with Gasteiger partial charge in [0.05, 0.1) is 0 Å². The third kappa shape index (κ3) is 2.61. The van der Waals surface area contributed by atoms with Gasteiger partial charge >= 0.3 is 0 Å². The van der Waals surface area contributed by atoms with Crippen molar-refractivity contribution in [1.82, 2.24) is 5.16 Å². The summed E-state index contributed by atoms with van der Waals surface area (Å²) < 4.78 is 23.8. The molecule has 1 amide bonds. The molecule has 110 valence electrons. The summed E-state index contributed by atoms with van der Waals surface area (Å²) in [7, 11) is 0. The topological polar surface area (TPSA) is 64.4 Å². The number of benzene rings is 1. The predicted molar refractivity (Wildman–Crippen MR) is 73.7 cm³/mol. The van der Waals surface area contributed by atoms with Gasteiger partial charge in [0.15, 0.2) is 11.9 Å². The van der Waals surface area contributed by atoms with E-state index >= 15 is 0 Å². The minimum absolute atomic E-state index is 0.278. The first-order valence-electron chi connectivity index (χ1n) is 6.73. The number of anilines is 1. The van der Waals surface area contributed by atoms with E-state index in [9.17, 15) is 9.18 Å². The summed E-state index contributed by atoms with van der Waals surface area (Å²) in [6.07, 6.45) is 0.580. The molecule has 21 heavy (non-hydrogen) atoms. The molecule has 0 spiro atoms. The van der Waals surface area contributed by atoms with Crippen LogP contribution < -0.4 is 10.1 Å². The molecule has 0 bridgehead atoms. The molecular formula is C15H15FN2O3. The van der Waals surface area contributed by atoms with Gasteiger partial charge < -0.3 is 14.6 Å². The number of nitrogens with zero attached hydrogens (tertiary/aromatic N) is 1. The zero-order valence-electron chi connectivity index (χ0n) is 11.8. The first-order chi connectivity index (χ1) is 10.0. The Kier molecular flexibility index (Phi) is 3.37. The standard InChI is InChI=1S/C15H15FN2O3/c1-8-14(9(2)21-18-8)17-15(19)12-6-4-10-3-5-11(16)7-13(10)20-12/h3,5,7,12H,4,6H2,1-2H3,(H,17,19). The van der Waals surface area contributed by atoms with Crippen molar-refractivity contribution in [2.45, 2.75) is 32.8 Å². The lowest BCUT2D eigenvalue weighted by atomic mass is 10.0. The zero-order valence-corrected chi connectivity index (χ0v) is 11.8. The molecule has 0 aliphatic carbocycles. The van der Waals surface area contributed by atoms with E-state index in [1.807, 2.05) is 0 Å². The highest BCUT2D eigenvalue weighted by atomic mass is 19.1. The minimum Gasteiger partial charge on any atom is -0.480 e. The van der Waals surface area contributed by atoms with E-state index in [-0.39, 0.29) is 11.7 Å². The van der Waals surface area contributed by atoms with E-state index in [0.717, 1.165) is 5.56 Å². The third-order valence-corrected chi connectivity index (χ3v) is 3.55. The first kappa shape index (κ1) is 13.6. The number of carbonyl (C=O) groups excluding carboxylic acids is 1. The lowest BCUT2D eigenvalue weighted by molar-refractivity contribution is -0.123. The van der Waals surface area contributed by atoms with Crippen molar-refractivity contribution in [2.24, 2.45) is 0 Å². The van der Waals surface area contributed by atoms with Crippen LogP contribution in [-0.4, -0.2) is 17.2 Å². The highest BCUT2D eigenvalue weighted by Crippen LogP contribution is 2.29. The van der Waals surface area contributed by atoms with Crippen LogP contribution in [0.15, 0.2) is 22.7 Å². The summed E-state index contributed by atoms with van der Waals surface area (Å²) in [6.45, 7) is 3.47. The van der Waals surface area contributed by atoms with Gasteiger partial charge in [-0.2, -0.15) is 0 Å². The summed E-state index contributed by atoms with van der Waals surface area (Å²) in [5, 5.41) is 6.54.